The second-order valence-electron chi connectivity index (χ2n) is 7.85. The van der Waals surface area contributed by atoms with Gasteiger partial charge in [0.15, 0.2) is 0 Å². The summed E-state index contributed by atoms with van der Waals surface area (Å²) in [5, 5.41) is 3.95. The van der Waals surface area contributed by atoms with Crippen molar-refractivity contribution in [2.24, 2.45) is 0 Å². The highest BCUT2D eigenvalue weighted by Gasteiger charge is 2.14. The number of thiazole rings is 1. The van der Waals surface area contributed by atoms with Gasteiger partial charge in [0, 0.05) is 16.8 Å². The molecule has 0 spiro atoms. The molecule has 4 rings (SSSR count). The molecule has 140 valence electrons. The first-order chi connectivity index (χ1) is 13.4. The molecular formula is C24H22N2OS. The molecule has 1 amide bonds. The fraction of sp³-hybridized carbons (Fsp3) is 0.167. The van der Waals surface area contributed by atoms with Crippen molar-refractivity contribution in [3.63, 3.8) is 0 Å². The number of amides is 1. The van der Waals surface area contributed by atoms with Crippen LogP contribution in [0.1, 0.15) is 36.7 Å². The molecular weight excluding hydrogens is 364 g/mol. The van der Waals surface area contributed by atoms with Crippen LogP contribution in [-0.4, -0.2) is 10.9 Å². The summed E-state index contributed by atoms with van der Waals surface area (Å²) in [4.78, 5) is 17.3. The number of benzene rings is 3. The molecule has 28 heavy (non-hydrogen) atoms. The summed E-state index contributed by atoms with van der Waals surface area (Å²) in [5.41, 5.74) is 4.69. The first-order valence-corrected chi connectivity index (χ1v) is 10.1. The summed E-state index contributed by atoms with van der Waals surface area (Å²) in [6, 6.07) is 23.7. The Bertz CT molecular complexity index is 1100. The van der Waals surface area contributed by atoms with E-state index in [0.717, 1.165) is 26.5 Å². The lowest BCUT2D eigenvalue weighted by Gasteiger charge is -2.19. The molecule has 0 radical (unpaired) electrons. The minimum absolute atomic E-state index is 0.0700. The van der Waals surface area contributed by atoms with Crippen LogP contribution in [-0.2, 0) is 5.41 Å². The molecule has 0 aliphatic heterocycles. The summed E-state index contributed by atoms with van der Waals surface area (Å²) < 4.78 is 1.16. The number of aromatic nitrogens is 1. The standard InChI is InChI=1S/C24H22N2OS/c1-24(2,3)18-13-11-16(12-14-18)22(27)25-19-8-6-7-17(15-19)23-26-20-9-4-5-10-21(20)28-23/h4-15H,1-3H3,(H,25,27). The molecule has 0 aliphatic carbocycles. The third kappa shape index (κ3) is 3.82. The zero-order valence-corrected chi connectivity index (χ0v) is 17.0. The number of nitrogens with zero attached hydrogens (tertiary/aromatic N) is 1. The van der Waals surface area contributed by atoms with Gasteiger partial charge in [-0.2, -0.15) is 0 Å². The van der Waals surface area contributed by atoms with Gasteiger partial charge in [-0.3, -0.25) is 4.79 Å². The van der Waals surface area contributed by atoms with Crippen molar-refractivity contribution < 1.29 is 4.79 Å². The van der Waals surface area contributed by atoms with Crippen molar-refractivity contribution in [1.82, 2.24) is 4.98 Å². The molecule has 3 aromatic carbocycles. The van der Waals surface area contributed by atoms with Gasteiger partial charge in [-0.15, -0.1) is 11.3 Å². The van der Waals surface area contributed by atoms with E-state index in [1.165, 1.54) is 5.56 Å². The first-order valence-electron chi connectivity index (χ1n) is 9.28. The molecule has 3 nitrogen and oxygen atoms in total. The number of carbonyl (C=O) groups excluding carboxylic acids is 1. The Morgan fingerprint density at radius 3 is 2.39 bits per heavy atom. The Morgan fingerprint density at radius 2 is 1.68 bits per heavy atom. The van der Waals surface area contributed by atoms with Gasteiger partial charge in [0.1, 0.15) is 5.01 Å². The number of rotatable bonds is 3. The van der Waals surface area contributed by atoms with E-state index in [1.54, 1.807) is 11.3 Å². The number of nitrogens with one attached hydrogen (secondary N) is 1. The Morgan fingerprint density at radius 1 is 0.929 bits per heavy atom. The van der Waals surface area contributed by atoms with E-state index in [2.05, 4.69) is 32.2 Å². The highest BCUT2D eigenvalue weighted by molar-refractivity contribution is 7.21. The summed E-state index contributed by atoms with van der Waals surface area (Å²) in [6.07, 6.45) is 0. The summed E-state index contributed by atoms with van der Waals surface area (Å²) in [6.45, 7) is 6.49. The molecule has 4 heteroatoms. The zero-order chi connectivity index (χ0) is 19.7. The topological polar surface area (TPSA) is 42.0 Å². The van der Waals surface area contributed by atoms with Crippen LogP contribution >= 0.6 is 11.3 Å². The van der Waals surface area contributed by atoms with Gasteiger partial charge in [0.2, 0.25) is 0 Å². The Hall–Kier alpha value is -2.98. The second-order valence-corrected chi connectivity index (χ2v) is 8.88. The molecule has 4 aromatic rings. The van der Waals surface area contributed by atoms with E-state index in [0.29, 0.717) is 5.56 Å². The highest BCUT2D eigenvalue weighted by atomic mass is 32.1. The predicted molar refractivity (Wildman–Crippen MR) is 118 cm³/mol. The van der Waals surface area contributed by atoms with E-state index in [9.17, 15) is 4.79 Å². The van der Waals surface area contributed by atoms with Crippen LogP contribution < -0.4 is 5.32 Å². The maximum atomic E-state index is 12.6. The Labute approximate surface area is 169 Å². The molecule has 0 unspecified atom stereocenters. The minimum Gasteiger partial charge on any atom is -0.322 e. The van der Waals surface area contributed by atoms with Crippen molar-refractivity contribution in [2.75, 3.05) is 5.32 Å². The Balaban J connectivity index is 1.55. The van der Waals surface area contributed by atoms with Crippen LogP contribution in [0, 0.1) is 0 Å². The third-order valence-corrected chi connectivity index (χ3v) is 5.76. The lowest BCUT2D eigenvalue weighted by Crippen LogP contribution is -2.14. The number of anilines is 1. The molecule has 0 fully saturated rings. The number of hydrogen-bond acceptors (Lipinski definition) is 3. The Kier molecular flexibility index (Phi) is 4.73. The summed E-state index contributed by atoms with van der Waals surface area (Å²) in [5.74, 6) is -0.109. The number of fused-ring (bicyclic) bond motifs is 1. The highest BCUT2D eigenvalue weighted by Crippen LogP contribution is 2.31. The van der Waals surface area contributed by atoms with Crippen molar-refractivity contribution in [2.45, 2.75) is 26.2 Å². The number of carbonyl (C=O) groups is 1. The van der Waals surface area contributed by atoms with E-state index < -0.39 is 0 Å². The molecule has 0 aliphatic rings. The molecule has 0 saturated heterocycles. The van der Waals surface area contributed by atoms with Crippen LogP contribution in [0.5, 0.6) is 0 Å². The maximum Gasteiger partial charge on any atom is 0.255 e. The van der Waals surface area contributed by atoms with Gasteiger partial charge in [0.05, 0.1) is 10.2 Å². The van der Waals surface area contributed by atoms with Crippen molar-refractivity contribution in [3.8, 4) is 10.6 Å². The minimum atomic E-state index is -0.109. The fourth-order valence-electron chi connectivity index (χ4n) is 3.05. The average molecular weight is 387 g/mol. The van der Waals surface area contributed by atoms with Gasteiger partial charge < -0.3 is 5.32 Å². The third-order valence-electron chi connectivity index (χ3n) is 4.67. The smallest absolute Gasteiger partial charge is 0.255 e. The predicted octanol–water partition coefficient (Wildman–Crippen LogP) is 6.51. The van der Waals surface area contributed by atoms with E-state index >= 15 is 0 Å². The van der Waals surface area contributed by atoms with Crippen molar-refractivity contribution in [3.05, 3.63) is 83.9 Å². The lowest BCUT2D eigenvalue weighted by atomic mass is 9.87. The first kappa shape index (κ1) is 18.4. The number of para-hydroxylation sites is 1. The molecule has 0 saturated carbocycles. The fourth-order valence-corrected chi connectivity index (χ4v) is 4.01. The van der Waals surface area contributed by atoms with E-state index in [4.69, 9.17) is 4.98 Å². The van der Waals surface area contributed by atoms with Gasteiger partial charge in [-0.25, -0.2) is 4.98 Å². The van der Waals surface area contributed by atoms with Crippen molar-refractivity contribution >= 4 is 33.1 Å². The largest absolute Gasteiger partial charge is 0.322 e. The van der Waals surface area contributed by atoms with E-state index in [-0.39, 0.29) is 11.3 Å². The van der Waals surface area contributed by atoms with Gasteiger partial charge in [-0.1, -0.05) is 57.2 Å². The average Bonchev–Trinajstić information content (AvgIpc) is 3.12. The van der Waals surface area contributed by atoms with Gasteiger partial charge in [0.25, 0.3) is 5.91 Å². The maximum absolute atomic E-state index is 12.6. The SMILES string of the molecule is CC(C)(C)c1ccc(C(=O)Nc2cccc(-c3nc4ccccc4s3)c2)cc1. The van der Waals surface area contributed by atoms with E-state index in [1.807, 2.05) is 66.7 Å². The molecule has 1 N–H and O–H groups in total. The van der Waals surface area contributed by atoms with Crippen LogP contribution in [0.15, 0.2) is 72.8 Å². The monoisotopic (exact) mass is 386 g/mol. The number of hydrogen-bond donors (Lipinski definition) is 1. The van der Waals surface area contributed by atoms with Crippen LogP contribution in [0.2, 0.25) is 0 Å². The van der Waals surface area contributed by atoms with Crippen LogP contribution in [0.3, 0.4) is 0 Å². The lowest BCUT2D eigenvalue weighted by molar-refractivity contribution is 0.102. The second kappa shape index (κ2) is 7.21. The molecule has 1 heterocycles. The normalized spacial score (nSPS) is 11.5. The summed E-state index contributed by atoms with van der Waals surface area (Å²) >= 11 is 1.65. The zero-order valence-electron chi connectivity index (χ0n) is 16.2. The summed E-state index contributed by atoms with van der Waals surface area (Å²) in [7, 11) is 0. The van der Waals surface area contributed by atoms with Gasteiger partial charge in [-0.05, 0) is 47.4 Å². The molecule has 0 bridgehead atoms. The molecule has 0 atom stereocenters. The van der Waals surface area contributed by atoms with Crippen LogP contribution in [0.4, 0.5) is 5.69 Å². The van der Waals surface area contributed by atoms with Crippen LogP contribution in [0.25, 0.3) is 20.8 Å². The molecule has 1 aromatic heterocycles. The quantitative estimate of drug-likeness (QED) is 0.436. The van der Waals surface area contributed by atoms with Crippen molar-refractivity contribution in [1.29, 1.82) is 0 Å². The van der Waals surface area contributed by atoms with Gasteiger partial charge >= 0.3 is 0 Å².